The highest BCUT2D eigenvalue weighted by molar-refractivity contribution is 5.97. The van der Waals surface area contributed by atoms with Gasteiger partial charge in [0.15, 0.2) is 11.5 Å². The Balaban J connectivity index is 2.68. The molecule has 0 aliphatic heterocycles. The first-order valence-electron chi connectivity index (χ1n) is 6.05. The van der Waals surface area contributed by atoms with E-state index in [9.17, 15) is 4.79 Å². The summed E-state index contributed by atoms with van der Waals surface area (Å²) in [6.45, 7) is 1.75. The second kappa shape index (κ2) is 5.61. The standard InChI is InChI=1S/C15H16O4/c1-4-14(16)19-15-11-8-6-5-7-10(11)12(17-2)9-13(15)18-3/h5-9H,4H2,1-3H3. The van der Waals surface area contributed by atoms with Crippen molar-refractivity contribution in [3.05, 3.63) is 30.3 Å². The van der Waals surface area contributed by atoms with Crippen LogP contribution in [0.3, 0.4) is 0 Å². The van der Waals surface area contributed by atoms with Gasteiger partial charge in [0.25, 0.3) is 0 Å². The minimum Gasteiger partial charge on any atom is -0.496 e. The number of esters is 1. The fraction of sp³-hybridized carbons (Fsp3) is 0.267. The van der Waals surface area contributed by atoms with Crippen molar-refractivity contribution in [2.45, 2.75) is 13.3 Å². The van der Waals surface area contributed by atoms with Crippen molar-refractivity contribution < 1.29 is 19.0 Å². The number of hydrogen-bond acceptors (Lipinski definition) is 4. The summed E-state index contributed by atoms with van der Waals surface area (Å²) in [4.78, 5) is 11.5. The van der Waals surface area contributed by atoms with Crippen molar-refractivity contribution in [1.29, 1.82) is 0 Å². The van der Waals surface area contributed by atoms with E-state index in [-0.39, 0.29) is 5.97 Å². The topological polar surface area (TPSA) is 44.8 Å². The fourth-order valence-electron chi connectivity index (χ4n) is 1.90. The molecule has 0 spiro atoms. The Hall–Kier alpha value is -2.23. The van der Waals surface area contributed by atoms with E-state index in [1.165, 1.54) is 7.11 Å². The van der Waals surface area contributed by atoms with Crippen LogP contribution in [0.25, 0.3) is 10.8 Å². The van der Waals surface area contributed by atoms with E-state index in [1.807, 2.05) is 24.3 Å². The van der Waals surface area contributed by atoms with E-state index in [2.05, 4.69) is 0 Å². The zero-order valence-corrected chi connectivity index (χ0v) is 11.2. The molecule has 0 heterocycles. The molecule has 19 heavy (non-hydrogen) atoms. The van der Waals surface area contributed by atoms with Crippen LogP contribution in [-0.4, -0.2) is 20.2 Å². The lowest BCUT2D eigenvalue weighted by Crippen LogP contribution is -2.07. The van der Waals surface area contributed by atoms with Gasteiger partial charge in [-0.3, -0.25) is 4.79 Å². The van der Waals surface area contributed by atoms with Crippen molar-refractivity contribution in [2.75, 3.05) is 14.2 Å². The van der Waals surface area contributed by atoms with Crippen LogP contribution in [0.5, 0.6) is 17.2 Å². The van der Waals surface area contributed by atoms with Crippen LogP contribution in [0.2, 0.25) is 0 Å². The monoisotopic (exact) mass is 260 g/mol. The van der Waals surface area contributed by atoms with Gasteiger partial charge < -0.3 is 14.2 Å². The second-order valence-corrected chi connectivity index (χ2v) is 3.98. The molecule has 0 aromatic heterocycles. The quantitative estimate of drug-likeness (QED) is 0.625. The summed E-state index contributed by atoms with van der Waals surface area (Å²) in [5, 5.41) is 1.67. The third kappa shape index (κ3) is 2.47. The third-order valence-electron chi connectivity index (χ3n) is 2.87. The second-order valence-electron chi connectivity index (χ2n) is 3.98. The van der Waals surface area contributed by atoms with Gasteiger partial charge >= 0.3 is 5.97 Å². The third-order valence-corrected chi connectivity index (χ3v) is 2.87. The molecule has 4 nitrogen and oxygen atoms in total. The van der Waals surface area contributed by atoms with Crippen LogP contribution >= 0.6 is 0 Å². The number of ether oxygens (including phenoxy) is 3. The lowest BCUT2D eigenvalue weighted by atomic mass is 10.1. The lowest BCUT2D eigenvalue weighted by Gasteiger charge is -2.14. The summed E-state index contributed by atoms with van der Waals surface area (Å²) in [6.07, 6.45) is 0.309. The maximum absolute atomic E-state index is 11.5. The molecule has 2 aromatic rings. The van der Waals surface area contributed by atoms with Gasteiger partial charge in [0.1, 0.15) is 5.75 Å². The molecule has 0 unspecified atom stereocenters. The number of benzene rings is 2. The Morgan fingerprint density at radius 3 is 2.26 bits per heavy atom. The highest BCUT2D eigenvalue weighted by atomic mass is 16.6. The number of methoxy groups -OCH3 is 2. The van der Waals surface area contributed by atoms with Crippen LogP contribution in [0, 0.1) is 0 Å². The Morgan fingerprint density at radius 2 is 1.68 bits per heavy atom. The Labute approximate surface area is 111 Å². The normalized spacial score (nSPS) is 10.3. The molecular formula is C15H16O4. The predicted octanol–water partition coefficient (Wildman–Crippen LogP) is 3.17. The fourth-order valence-corrected chi connectivity index (χ4v) is 1.90. The Bertz CT molecular complexity index is 604. The minimum absolute atomic E-state index is 0.298. The average molecular weight is 260 g/mol. The van der Waals surface area contributed by atoms with E-state index in [0.29, 0.717) is 23.7 Å². The summed E-state index contributed by atoms with van der Waals surface area (Å²) in [6, 6.07) is 9.30. The zero-order chi connectivity index (χ0) is 13.8. The first-order chi connectivity index (χ1) is 9.21. The minimum atomic E-state index is -0.298. The molecule has 0 aliphatic carbocycles. The predicted molar refractivity (Wildman–Crippen MR) is 73.0 cm³/mol. The van der Waals surface area contributed by atoms with Gasteiger partial charge in [-0.25, -0.2) is 0 Å². The number of fused-ring (bicyclic) bond motifs is 1. The molecule has 0 saturated carbocycles. The highest BCUT2D eigenvalue weighted by Gasteiger charge is 2.16. The highest BCUT2D eigenvalue weighted by Crippen LogP contribution is 2.41. The molecule has 0 aliphatic rings. The van der Waals surface area contributed by atoms with Gasteiger partial charge in [-0.2, -0.15) is 0 Å². The van der Waals surface area contributed by atoms with Crippen LogP contribution < -0.4 is 14.2 Å². The molecule has 0 fully saturated rings. The Kier molecular flexibility index (Phi) is 3.90. The summed E-state index contributed by atoms with van der Waals surface area (Å²) in [5.41, 5.74) is 0. The molecule has 0 bridgehead atoms. The molecule has 2 aromatic carbocycles. The van der Waals surface area contributed by atoms with Crippen molar-refractivity contribution >= 4 is 16.7 Å². The van der Waals surface area contributed by atoms with E-state index in [1.54, 1.807) is 20.1 Å². The number of carbonyl (C=O) groups excluding carboxylic acids is 1. The smallest absolute Gasteiger partial charge is 0.311 e. The van der Waals surface area contributed by atoms with Crippen molar-refractivity contribution in [3.8, 4) is 17.2 Å². The van der Waals surface area contributed by atoms with Gasteiger partial charge in [-0.15, -0.1) is 0 Å². The zero-order valence-electron chi connectivity index (χ0n) is 11.2. The summed E-state index contributed by atoms with van der Waals surface area (Å²) in [7, 11) is 3.13. The number of carbonyl (C=O) groups is 1. The lowest BCUT2D eigenvalue weighted by molar-refractivity contribution is -0.134. The molecule has 0 radical (unpaired) electrons. The summed E-state index contributed by atoms with van der Waals surface area (Å²) >= 11 is 0. The first kappa shape index (κ1) is 13.2. The molecule has 0 saturated heterocycles. The van der Waals surface area contributed by atoms with Crippen LogP contribution in [0.4, 0.5) is 0 Å². The van der Waals surface area contributed by atoms with Gasteiger partial charge in [-0.05, 0) is 0 Å². The van der Waals surface area contributed by atoms with E-state index in [4.69, 9.17) is 14.2 Å². The maximum Gasteiger partial charge on any atom is 0.311 e. The van der Waals surface area contributed by atoms with Gasteiger partial charge in [0.2, 0.25) is 0 Å². The molecule has 4 heteroatoms. The van der Waals surface area contributed by atoms with E-state index >= 15 is 0 Å². The van der Waals surface area contributed by atoms with Crippen LogP contribution in [-0.2, 0) is 4.79 Å². The van der Waals surface area contributed by atoms with Crippen molar-refractivity contribution in [2.24, 2.45) is 0 Å². The van der Waals surface area contributed by atoms with Gasteiger partial charge in [0.05, 0.1) is 14.2 Å². The van der Waals surface area contributed by atoms with Crippen molar-refractivity contribution in [3.63, 3.8) is 0 Å². The van der Waals surface area contributed by atoms with Crippen molar-refractivity contribution in [1.82, 2.24) is 0 Å². The first-order valence-corrected chi connectivity index (χ1v) is 6.05. The number of rotatable bonds is 4. The maximum atomic E-state index is 11.5. The molecule has 2 rings (SSSR count). The van der Waals surface area contributed by atoms with Gasteiger partial charge in [-0.1, -0.05) is 31.2 Å². The molecule has 0 atom stereocenters. The van der Waals surface area contributed by atoms with Crippen LogP contribution in [0.1, 0.15) is 13.3 Å². The SMILES string of the molecule is CCC(=O)Oc1c(OC)cc(OC)c2ccccc12. The largest absolute Gasteiger partial charge is 0.496 e. The molecular weight excluding hydrogens is 244 g/mol. The number of hydrogen-bond donors (Lipinski definition) is 0. The molecule has 0 N–H and O–H groups in total. The van der Waals surface area contributed by atoms with Gasteiger partial charge in [0, 0.05) is 23.3 Å². The van der Waals surface area contributed by atoms with E-state index < -0.39 is 0 Å². The average Bonchev–Trinajstić information content (AvgIpc) is 2.47. The van der Waals surface area contributed by atoms with E-state index in [0.717, 1.165) is 10.8 Å². The Morgan fingerprint density at radius 1 is 1.05 bits per heavy atom. The molecule has 0 amide bonds. The summed E-state index contributed by atoms with van der Waals surface area (Å²) < 4.78 is 16.0. The molecule has 100 valence electrons. The summed E-state index contributed by atoms with van der Waals surface area (Å²) in [5.74, 6) is 1.31. The van der Waals surface area contributed by atoms with Crippen LogP contribution in [0.15, 0.2) is 30.3 Å².